The van der Waals surface area contributed by atoms with Gasteiger partial charge in [-0.2, -0.15) is 0 Å². The van der Waals surface area contributed by atoms with Crippen LogP contribution in [0, 0.1) is 6.92 Å². The van der Waals surface area contributed by atoms with Gasteiger partial charge in [-0.15, -0.1) is 10.2 Å². The van der Waals surface area contributed by atoms with E-state index in [0.29, 0.717) is 22.6 Å². The van der Waals surface area contributed by atoms with Gasteiger partial charge in [-0.05, 0) is 43.2 Å². The van der Waals surface area contributed by atoms with Crippen LogP contribution < -0.4 is 10.6 Å². The summed E-state index contributed by atoms with van der Waals surface area (Å²) < 4.78 is 7.22. The summed E-state index contributed by atoms with van der Waals surface area (Å²) in [7, 11) is 0. The lowest BCUT2D eigenvalue weighted by atomic mass is 10.2. The van der Waals surface area contributed by atoms with Gasteiger partial charge in [0, 0.05) is 11.3 Å². The number of hydrogen-bond donors (Lipinski definition) is 1. The van der Waals surface area contributed by atoms with E-state index >= 15 is 0 Å². The molecule has 0 atom stereocenters. The molecule has 1 aromatic heterocycles. The minimum Gasteiger partial charge on any atom is -0.494 e. The van der Waals surface area contributed by atoms with Gasteiger partial charge in [0.2, 0.25) is 5.16 Å². The van der Waals surface area contributed by atoms with Crippen molar-refractivity contribution in [3.63, 3.8) is 0 Å². The van der Waals surface area contributed by atoms with Crippen LogP contribution in [0.15, 0.2) is 53.7 Å². The Kier molecular flexibility index (Phi) is 5.83. The SMILES string of the molecule is Cc1cccc(OCCCSc2nnc(-c3ccccc3Cl)n2N)c1. The average molecular weight is 375 g/mol. The lowest BCUT2D eigenvalue weighted by molar-refractivity contribution is 0.318. The second kappa shape index (κ2) is 8.27. The lowest BCUT2D eigenvalue weighted by Gasteiger charge is -2.07. The van der Waals surface area contributed by atoms with Gasteiger partial charge in [0.15, 0.2) is 5.82 Å². The van der Waals surface area contributed by atoms with Crippen LogP contribution in [-0.4, -0.2) is 27.2 Å². The number of aryl methyl sites for hydroxylation is 1. The van der Waals surface area contributed by atoms with Gasteiger partial charge in [-0.1, -0.05) is 47.6 Å². The molecule has 130 valence electrons. The van der Waals surface area contributed by atoms with E-state index in [1.807, 2.05) is 49.4 Å². The highest BCUT2D eigenvalue weighted by molar-refractivity contribution is 7.99. The first-order valence-corrected chi connectivity index (χ1v) is 9.29. The molecule has 0 aliphatic heterocycles. The Labute approximate surface area is 156 Å². The van der Waals surface area contributed by atoms with Gasteiger partial charge in [-0.3, -0.25) is 0 Å². The number of halogens is 1. The molecule has 0 aliphatic carbocycles. The van der Waals surface area contributed by atoms with E-state index < -0.39 is 0 Å². The van der Waals surface area contributed by atoms with Gasteiger partial charge < -0.3 is 10.6 Å². The number of nitrogen functional groups attached to an aromatic ring is 1. The van der Waals surface area contributed by atoms with E-state index in [2.05, 4.69) is 10.2 Å². The van der Waals surface area contributed by atoms with Crippen LogP contribution in [-0.2, 0) is 0 Å². The highest BCUT2D eigenvalue weighted by atomic mass is 35.5. The molecule has 0 fully saturated rings. The summed E-state index contributed by atoms with van der Waals surface area (Å²) in [6, 6.07) is 15.5. The summed E-state index contributed by atoms with van der Waals surface area (Å²) in [4.78, 5) is 0. The number of nitrogens with zero attached hydrogens (tertiary/aromatic N) is 3. The zero-order valence-electron chi connectivity index (χ0n) is 13.9. The maximum atomic E-state index is 6.19. The molecular formula is C18H19ClN4OS. The maximum absolute atomic E-state index is 6.19. The van der Waals surface area contributed by atoms with Gasteiger partial charge in [-0.25, -0.2) is 4.68 Å². The van der Waals surface area contributed by atoms with Crippen LogP contribution in [0.3, 0.4) is 0 Å². The van der Waals surface area contributed by atoms with Gasteiger partial charge in [0.05, 0.1) is 11.6 Å². The third-order valence-corrected chi connectivity index (χ3v) is 4.92. The minimum absolute atomic E-state index is 0.559. The number of nitrogens with two attached hydrogens (primary N) is 1. The third-order valence-electron chi connectivity index (χ3n) is 3.56. The van der Waals surface area contributed by atoms with Crippen LogP contribution in [0.4, 0.5) is 0 Å². The molecule has 5 nitrogen and oxygen atoms in total. The van der Waals surface area contributed by atoms with Crippen molar-refractivity contribution in [2.24, 2.45) is 0 Å². The summed E-state index contributed by atoms with van der Waals surface area (Å²) in [6.07, 6.45) is 0.882. The molecule has 2 N–H and O–H groups in total. The van der Waals surface area contributed by atoms with E-state index in [1.165, 1.54) is 10.2 Å². The molecule has 0 radical (unpaired) electrons. The van der Waals surface area contributed by atoms with Gasteiger partial charge in [0.25, 0.3) is 0 Å². The smallest absolute Gasteiger partial charge is 0.210 e. The van der Waals surface area contributed by atoms with Crippen molar-refractivity contribution in [1.82, 2.24) is 14.9 Å². The second-order valence-electron chi connectivity index (χ2n) is 5.52. The molecule has 1 heterocycles. The van der Waals surface area contributed by atoms with Crippen molar-refractivity contribution in [2.75, 3.05) is 18.2 Å². The summed E-state index contributed by atoms with van der Waals surface area (Å²) in [5, 5.41) is 9.57. The van der Waals surface area contributed by atoms with Crippen molar-refractivity contribution in [2.45, 2.75) is 18.5 Å². The van der Waals surface area contributed by atoms with E-state index in [9.17, 15) is 0 Å². The van der Waals surface area contributed by atoms with Crippen LogP contribution in [0.2, 0.25) is 5.02 Å². The predicted molar refractivity (Wildman–Crippen MR) is 103 cm³/mol. The Balaban J connectivity index is 1.52. The van der Waals surface area contributed by atoms with Crippen molar-refractivity contribution in [3.05, 3.63) is 59.1 Å². The number of rotatable bonds is 7. The molecule has 0 aliphatic rings. The molecule has 0 bridgehead atoms. The first-order chi connectivity index (χ1) is 12.1. The van der Waals surface area contributed by atoms with Crippen molar-refractivity contribution in [3.8, 4) is 17.1 Å². The Bertz CT molecular complexity index is 853. The molecule has 7 heteroatoms. The molecule has 2 aromatic carbocycles. The van der Waals surface area contributed by atoms with E-state index in [4.69, 9.17) is 22.2 Å². The second-order valence-corrected chi connectivity index (χ2v) is 6.99. The maximum Gasteiger partial charge on any atom is 0.210 e. The molecule has 0 saturated carbocycles. The normalized spacial score (nSPS) is 10.8. The van der Waals surface area contributed by atoms with Crippen molar-refractivity contribution < 1.29 is 4.74 Å². The number of thioether (sulfide) groups is 1. The third kappa shape index (κ3) is 4.46. The van der Waals surface area contributed by atoms with Crippen molar-refractivity contribution >= 4 is 23.4 Å². The molecule has 0 saturated heterocycles. The predicted octanol–water partition coefficient (Wildman–Crippen LogP) is 4.18. The quantitative estimate of drug-likeness (QED) is 0.381. The van der Waals surface area contributed by atoms with Crippen LogP contribution in [0.25, 0.3) is 11.4 Å². The fourth-order valence-electron chi connectivity index (χ4n) is 2.32. The molecular weight excluding hydrogens is 356 g/mol. The zero-order chi connectivity index (χ0) is 17.6. The fourth-order valence-corrected chi connectivity index (χ4v) is 3.31. The van der Waals surface area contributed by atoms with E-state index in [-0.39, 0.29) is 0 Å². The Hall–Kier alpha value is -2.18. The lowest BCUT2D eigenvalue weighted by Crippen LogP contribution is -2.12. The Morgan fingerprint density at radius 1 is 1.16 bits per heavy atom. The monoisotopic (exact) mass is 374 g/mol. The van der Waals surface area contributed by atoms with E-state index in [1.54, 1.807) is 17.8 Å². The molecule has 0 spiro atoms. The van der Waals surface area contributed by atoms with Crippen LogP contribution in [0.1, 0.15) is 12.0 Å². The standard InChI is InChI=1S/C18H19ClN4OS/c1-13-6-4-7-14(12-13)24-10-5-11-25-18-22-21-17(23(18)20)15-8-2-3-9-16(15)19/h2-4,6-9,12H,5,10-11,20H2,1H3. The largest absolute Gasteiger partial charge is 0.494 e. The molecule has 0 unspecified atom stereocenters. The summed E-state index contributed by atoms with van der Waals surface area (Å²) in [5.74, 6) is 8.40. The summed E-state index contributed by atoms with van der Waals surface area (Å²) in [6.45, 7) is 2.69. The molecule has 3 rings (SSSR count). The highest BCUT2D eigenvalue weighted by Crippen LogP contribution is 2.27. The summed E-state index contributed by atoms with van der Waals surface area (Å²) >= 11 is 7.74. The topological polar surface area (TPSA) is 66.0 Å². The number of aromatic nitrogens is 3. The van der Waals surface area contributed by atoms with Crippen LogP contribution >= 0.6 is 23.4 Å². The number of ether oxygens (including phenoxy) is 1. The zero-order valence-corrected chi connectivity index (χ0v) is 15.4. The van der Waals surface area contributed by atoms with Gasteiger partial charge in [0.1, 0.15) is 5.75 Å². The van der Waals surface area contributed by atoms with Crippen molar-refractivity contribution in [1.29, 1.82) is 0 Å². The Morgan fingerprint density at radius 2 is 2.00 bits per heavy atom. The Morgan fingerprint density at radius 3 is 2.80 bits per heavy atom. The molecule has 3 aromatic rings. The van der Waals surface area contributed by atoms with E-state index in [0.717, 1.165) is 23.5 Å². The molecule has 0 amide bonds. The first-order valence-electron chi connectivity index (χ1n) is 7.93. The van der Waals surface area contributed by atoms with Gasteiger partial charge >= 0.3 is 0 Å². The number of benzene rings is 2. The number of hydrogen-bond acceptors (Lipinski definition) is 5. The summed E-state index contributed by atoms with van der Waals surface area (Å²) in [5.41, 5.74) is 1.96. The fraction of sp³-hybridized carbons (Fsp3) is 0.222. The minimum atomic E-state index is 0.559. The average Bonchev–Trinajstić information content (AvgIpc) is 2.96. The molecule has 25 heavy (non-hydrogen) atoms. The first kappa shape index (κ1) is 17.6. The highest BCUT2D eigenvalue weighted by Gasteiger charge is 2.14. The van der Waals surface area contributed by atoms with Crippen LogP contribution in [0.5, 0.6) is 5.75 Å².